The lowest BCUT2D eigenvalue weighted by atomic mass is 10.2. The molecular weight excluding hydrogens is 498 g/mol. The van der Waals surface area contributed by atoms with Crippen molar-refractivity contribution >= 4 is 45.7 Å². The highest BCUT2D eigenvalue weighted by molar-refractivity contribution is 9.10. The summed E-state index contributed by atoms with van der Waals surface area (Å²) in [4.78, 5) is 15.7. The fourth-order valence-corrected chi connectivity index (χ4v) is 3.67. The zero-order chi connectivity index (χ0) is 23.8. The summed E-state index contributed by atoms with van der Waals surface area (Å²) in [6.07, 6.45) is 1.71. The summed E-state index contributed by atoms with van der Waals surface area (Å²) in [5.74, 6) is 2.63. The summed E-state index contributed by atoms with van der Waals surface area (Å²) in [6, 6.07) is 15.6. The van der Waals surface area contributed by atoms with Crippen LogP contribution in [0.15, 0.2) is 58.1 Å². The van der Waals surface area contributed by atoms with E-state index in [0.29, 0.717) is 43.6 Å². The van der Waals surface area contributed by atoms with Gasteiger partial charge in [0.15, 0.2) is 0 Å². The first-order valence-corrected chi connectivity index (χ1v) is 12.0. The SMILES string of the molecule is CC(C)COc1ccc(/C=N\Nc2nc(Nc3ccccc3)nc(N3CCOCC3)n2)cc1Br. The molecule has 1 saturated heterocycles. The van der Waals surface area contributed by atoms with E-state index in [-0.39, 0.29) is 0 Å². The number of rotatable bonds is 9. The van der Waals surface area contributed by atoms with Gasteiger partial charge in [-0.2, -0.15) is 20.1 Å². The second-order valence-corrected chi connectivity index (χ2v) is 8.99. The van der Waals surface area contributed by atoms with Crippen LogP contribution in [0.2, 0.25) is 0 Å². The van der Waals surface area contributed by atoms with Crippen molar-refractivity contribution in [2.24, 2.45) is 11.0 Å². The predicted octanol–water partition coefficient (Wildman–Crippen LogP) is 4.70. The van der Waals surface area contributed by atoms with Crippen LogP contribution >= 0.6 is 15.9 Å². The van der Waals surface area contributed by atoms with Gasteiger partial charge in [-0.1, -0.05) is 32.0 Å². The summed E-state index contributed by atoms with van der Waals surface area (Å²) in [5.41, 5.74) is 4.73. The first-order chi connectivity index (χ1) is 16.6. The molecule has 0 bridgehead atoms. The highest BCUT2D eigenvalue weighted by atomic mass is 79.9. The van der Waals surface area contributed by atoms with Crippen molar-refractivity contribution in [2.75, 3.05) is 48.6 Å². The number of para-hydroxylation sites is 1. The number of aromatic nitrogens is 3. The summed E-state index contributed by atoms with van der Waals surface area (Å²) in [7, 11) is 0. The van der Waals surface area contributed by atoms with Crippen LogP contribution in [0, 0.1) is 5.92 Å². The molecule has 9 nitrogen and oxygen atoms in total. The van der Waals surface area contributed by atoms with E-state index in [9.17, 15) is 0 Å². The first kappa shape index (κ1) is 23.9. The highest BCUT2D eigenvalue weighted by Gasteiger charge is 2.16. The second kappa shape index (κ2) is 11.8. The fourth-order valence-electron chi connectivity index (χ4n) is 3.16. The molecular formula is C24H28BrN7O2. The smallest absolute Gasteiger partial charge is 0.250 e. The lowest BCUT2D eigenvalue weighted by molar-refractivity contribution is 0.122. The molecule has 0 saturated carbocycles. The van der Waals surface area contributed by atoms with Crippen LogP contribution in [0.4, 0.5) is 23.5 Å². The van der Waals surface area contributed by atoms with Crippen LogP contribution < -0.4 is 20.4 Å². The van der Waals surface area contributed by atoms with Gasteiger partial charge in [-0.15, -0.1) is 0 Å². The molecule has 178 valence electrons. The number of anilines is 4. The molecule has 2 aromatic carbocycles. The topological polar surface area (TPSA) is 96.8 Å². The summed E-state index contributed by atoms with van der Waals surface area (Å²) in [6.45, 7) is 7.62. The fraction of sp³-hybridized carbons (Fsp3) is 0.333. The van der Waals surface area contributed by atoms with E-state index in [1.807, 2.05) is 48.5 Å². The van der Waals surface area contributed by atoms with Gasteiger partial charge in [0.05, 0.1) is 30.5 Å². The summed E-state index contributed by atoms with van der Waals surface area (Å²) >= 11 is 3.56. The summed E-state index contributed by atoms with van der Waals surface area (Å²) < 4.78 is 12.1. The van der Waals surface area contributed by atoms with Gasteiger partial charge in [0.1, 0.15) is 5.75 Å². The van der Waals surface area contributed by atoms with Gasteiger partial charge in [0.25, 0.3) is 0 Å². The van der Waals surface area contributed by atoms with Crippen LogP contribution in [0.1, 0.15) is 19.4 Å². The van der Waals surface area contributed by atoms with Gasteiger partial charge >= 0.3 is 0 Å². The first-order valence-electron chi connectivity index (χ1n) is 11.2. The largest absolute Gasteiger partial charge is 0.492 e. The van der Waals surface area contributed by atoms with E-state index in [4.69, 9.17) is 9.47 Å². The molecule has 2 heterocycles. The Hall–Kier alpha value is -3.24. The standard InChI is InChI=1S/C24H28BrN7O2/c1-17(2)16-34-21-9-8-18(14-20(21)25)15-26-31-23-28-22(27-19-6-4-3-5-7-19)29-24(30-23)32-10-12-33-13-11-32/h3-9,14-15,17H,10-13,16H2,1-2H3,(H2,27,28,29,30,31)/b26-15-. The zero-order valence-electron chi connectivity index (χ0n) is 19.2. The van der Waals surface area contributed by atoms with E-state index in [1.165, 1.54) is 0 Å². The van der Waals surface area contributed by atoms with E-state index in [2.05, 4.69) is 65.5 Å². The minimum absolute atomic E-state index is 0.349. The molecule has 3 aromatic rings. The van der Waals surface area contributed by atoms with Crippen LogP contribution in [-0.2, 0) is 4.74 Å². The Kier molecular flexibility index (Phi) is 8.26. The van der Waals surface area contributed by atoms with Gasteiger partial charge in [-0.05, 0) is 57.7 Å². The molecule has 0 radical (unpaired) electrons. The third-order valence-corrected chi connectivity index (χ3v) is 5.47. The third kappa shape index (κ3) is 6.88. The molecule has 1 fully saturated rings. The molecule has 2 N–H and O–H groups in total. The molecule has 1 aliphatic heterocycles. The van der Waals surface area contributed by atoms with Gasteiger partial charge in [0.2, 0.25) is 17.8 Å². The van der Waals surface area contributed by atoms with E-state index < -0.39 is 0 Å². The number of hydrogen-bond donors (Lipinski definition) is 2. The van der Waals surface area contributed by atoms with Crippen LogP contribution in [0.3, 0.4) is 0 Å². The number of hydrogen-bond acceptors (Lipinski definition) is 9. The number of benzene rings is 2. The average molecular weight is 526 g/mol. The van der Waals surface area contributed by atoms with E-state index in [0.717, 1.165) is 34.6 Å². The molecule has 1 aromatic heterocycles. The Labute approximate surface area is 207 Å². The molecule has 0 atom stereocenters. The van der Waals surface area contributed by atoms with Crippen molar-refractivity contribution in [3.63, 3.8) is 0 Å². The zero-order valence-corrected chi connectivity index (χ0v) is 20.8. The number of ether oxygens (including phenoxy) is 2. The van der Waals surface area contributed by atoms with Crippen molar-refractivity contribution < 1.29 is 9.47 Å². The molecule has 0 amide bonds. The number of nitrogens with zero attached hydrogens (tertiary/aromatic N) is 5. The lowest BCUT2D eigenvalue weighted by Gasteiger charge is -2.27. The maximum Gasteiger partial charge on any atom is 0.250 e. The van der Waals surface area contributed by atoms with Crippen molar-refractivity contribution in [3.05, 3.63) is 58.6 Å². The number of morpholine rings is 1. The second-order valence-electron chi connectivity index (χ2n) is 8.14. The van der Waals surface area contributed by atoms with E-state index >= 15 is 0 Å². The predicted molar refractivity (Wildman–Crippen MR) is 138 cm³/mol. The number of halogens is 1. The molecule has 0 spiro atoms. The Morgan fingerprint density at radius 2 is 1.85 bits per heavy atom. The van der Waals surface area contributed by atoms with Gasteiger partial charge < -0.3 is 19.7 Å². The van der Waals surface area contributed by atoms with Crippen molar-refractivity contribution in [1.29, 1.82) is 0 Å². The molecule has 0 unspecified atom stereocenters. The minimum atomic E-state index is 0.349. The molecule has 1 aliphatic rings. The Bertz CT molecular complexity index is 1110. The van der Waals surface area contributed by atoms with Crippen molar-refractivity contribution in [3.8, 4) is 5.75 Å². The van der Waals surface area contributed by atoms with E-state index in [1.54, 1.807) is 6.21 Å². The van der Waals surface area contributed by atoms with Gasteiger partial charge in [-0.25, -0.2) is 5.43 Å². The molecule has 0 aliphatic carbocycles. The molecule has 10 heteroatoms. The number of hydrazone groups is 1. The maximum atomic E-state index is 5.81. The summed E-state index contributed by atoms with van der Waals surface area (Å²) in [5, 5.41) is 7.56. The van der Waals surface area contributed by atoms with Gasteiger partial charge in [-0.3, -0.25) is 0 Å². The lowest BCUT2D eigenvalue weighted by Crippen LogP contribution is -2.37. The monoisotopic (exact) mass is 525 g/mol. The molecule has 34 heavy (non-hydrogen) atoms. The Morgan fingerprint density at radius 1 is 1.09 bits per heavy atom. The average Bonchev–Trinajstić information content (AvgIpc) is 2.84. The molecule has 4 rings (SSSR count). The highest BCUT2D eigenvalue weighted by Crippen LogP contribution is 2.26. The van der Waals surface area contributed by atoms with Crippen molar-refractivity contribution in [1.82, 2.24) is 15.0 Å². The normalized spacial score (nSPS) is 13.9. The van der Waals surface area contributed by atoms with Crippen LogP contribution in [0.25, 0.3) is 0 Å². The van der Waals surface area contributed by atoms with Gasteiger partial charge in [0, 0.05) is 18.8 Å². The third-order valence-electron chi connectivity index (χ3n) is 4.85. The maximum absolute atomic E-state index is 5.81. The van der Waals surface area contributed by atoms with Crippen molar-refractivity contribution in [2.45, 2.75) is 13.8 Å². The van der Waals surface area contributed by atoms with Crippen LogP contribution in [-0.4, -0.2) is 54.1 Å². The Morgan fingerprint density at radius 3 is 2.59 bits per heavy atom. The minimum Gasteiger partial charge on any atom is -0.492 e. The Balaban J connectivity index is 1.49. The number of nitrogens with one attached hydrogen (secondary N) is 2. The van der Waals surface area contributed by atoms with Crippen LogP contribution in [0.5, 0.6) is 5.75 Å². The quantitative estimate of drug-likeness (QED) is 0.306.